The first-order chi connectivity index (χ1) is 10.8. The molecule has 1 unspecified atom stereocenters. The van der Waals surface area contributed by atoms with Gasteiger partial charge in [-0.05, 0) is 30.7 Å². The Balaban J connectivity index is 1.88. The zero-order valence-corrected chi connectivity index (χ0v) is 12.5. The van der Waals surface area contributed by atoms with Gasteiger partial charge in [-0.15, -0.1) is 0 Å². The Hall–Kier alpha value is -2.35. The molecule has 0 spiro atoms. The molecule has 1 amide bonds. The Morgan fingerprint density at radius 2 is 2.13 bits per heavy atom. The van der Waals surface area contributed by atoms with E-state index in [-0.39, 0.29) is 11.7 Å². The lowest BCUT2D eigenvalue weighted by atomic mass is 10.2. The predicted molar refractivity (Wildman–Crippen MR) is 79.7 cm³/mol. The number of benzene rings is 1. The first kappa shape index (κ1) is 17.0. The molecule has 1 heterocycles. The number of amides is 1. The number of halogens is 3. The van der Waals surface area contributed by atoms with Gasteiger partial charge in [0, 0.05) is 30.7 Å². The van der Waals surface area contributed by atoms with E-state index in [4.69, 9.17) is 0 Å². The monoisotopic (exact) mass is 326 g/mol. The van der Waals surface area contributed by atoms with Gasteiger partial charge in [-0.1, -0.05) is 12.1 Å². The van der Waals surface area contributed by atoms with Crippen molar-refractivity contribution in [2.24, 2.45) is 0 Å². The van der Waals surface area contributed by atoms with Crippen molar-refractivity contribution in [2.75, 3.05) is 5.32 Å². The summed E-state index contributed by atoms with van der Waals surface area (Å²) in [4.78, 5) is 10.9. The molecule has 8 heteroatoms. The molecule has 2 N–H and O–H groups in total. The van der Waals surface area contributed by atoms with Crippen molar-refractivity contribution in [1.82, 2.24) is 15.1 Å². The summed E-state index contributed by atoms with van der Waals surface area (Å²) >= 11 is 0. The summed E-state index contributed by atoms with van der Waals surface area (Å²) in [5, 5.41) is 9.20. The van der Waals surface area contributed by atoms with Gasteiger partial charge in [0.2, 0.25) is 0 Å². The topological polar surface area (TPSA) is 59.0 Å². The molecule has 0 saturated carbocycles. The summed E-state index contributed by atoms with van der Waals surface area (Å²) in [6.45, 7) is 3.13. The lowest BCUT2D eigenvalue weighted by Gasteiger charge is -2.14. The number of carbonyl (C=O) groups excluding carboxylic acids is 1. The van der Waals surface area contributed by atoms with Gasteiger partial charge in [0.25, 0.3) is 0 Å². The highest BCUT2D eigenvalue weighted by atomic mass is 19.4. The quantitative estimate of drug-likeness (QED) is 0.858. The molecule has 2 aromatic rings. The van der Waals surface area contributed by atoms with Crippen LogP contribution in [0.2, 0.25) is 0 Å². The molecule has 0 aliphatic carbocycles. The van der Waals surface area contributed by atoms with Crippen molar-refractivity contribution in [1.29, 1.82) is 0 Å². The molecule has 1 aromatic heterocycles. The fourth-order valence-electron chi connectivity index (χ4n) is 2.01. The number of alkyl halides is 3. The highest BCUT2D eigenvalue weighted by Gasteiger charge is 2.38. The minimum Gasteiger partial charge on any atom is -0.318 e. The number of aromatic nitrogens is 2. The van der Waals surface area contributed by atoms with Gasteiger partial charge < -0.3 is 10.6 Å². The molecule has 0 radical (unpaired) electrons. The maximum atomic E-state index is 12.2. The average molecular weight is 326 g/mol. The number of hydrogen-bond acceptors (Lipinski definition) is 3. The van der Waals surface area contributed by atoms with Crippen LogP contribution in [0.1, 0.15) is 12.5 Å². The molecule has 23 heavy (non-hydrogen) atoms. The number of nitrogens with one attached hydrogen (secondary N) is 2. The second-order valence-corrected chi connectivity index (χ2v) is 5.16. The summed E-state index contributed by atoms with van der Waals surface area (Å²) in [6, 6.07) is 8.26. The van der Waals surface area contributed by atoms with Crippen LogP contribution < -0.4 is 10.6 Å². The van der Waals surface area contributed by atoms with Gasteiger partial charge in [-0.3, -0.25) is 9.48 Å². The van der Waals surface area contributed by atoms with Crippen molar-refractivity contribution in [3.05, 3.63) is 48.3 Å². The first-order valence-corrected chi connectivity index (χ1v) is 7.02. The number of hydrogen-bond donors (Lipinski definition) is 2. The van der Waals surface area contributed by atoms with Crippen molar-refractivity contribution in [2.45, 2.75) is 32.2 Å². The van der Waals surface area contributed by atoms with E-state index >= 15 is 0 Å². The minimum atomic E-state index is -4.90. The Morgan fingerprint density at radius 3 is 2.78 bits per heavy atom. The Bertz CT molecular complexity index is 640. The van der Waals surface area contributed by atoms with Crippen LogP contribution in [-0.2, 0) is 17.9 Å². The lowest BCUT2D eigenvalue weighted by Crippen LogP contribution is -2.31. The van der Waals surface area contributed by atoms with Crippen LogP contribution in [0.15, 0.2) is 42.7 Å². The van der Waals surface area contributed by atoms with Gasteiger partial charge in [-0.2, -0.15) is 18.3 Å². The van der Waals surface area contributed by atoms with E-state index in [1.54, 1.807) is 23.0 Å². The fraction of sp³-hybridized carbons (Fsp3) is 0.333. The van der Waals surface area contributed by atoms with Crippen LogP contribution in [0.25, 0.3) is 0 Å². The third-order valence-electron chi connectivity index (χ3n) is 3.12. The van der Waals surface area contributed by atoms with E-state index in [0.717, 1.165) is 5.56 Å². The third-order valence-corrected chi connectivity index (χ3v) is 3.12. The highest BCUT2D eigenvalue weighted by Crippen LogP contribution is 2.19. The molecule has 0 saturated heterocycles. The molecule has 1 atom stereocenters. The Labute approximate surface area is 131 Å². The smallest absolute Gasteiger partial charge is 0.318 e. The van der Waals surface area contributed by atoms with Crippen molar-refractivity contribution >= 4 is 11.6 Å². The van der Waals surface area contributed by atoms with Crippen LogP contribution in [0, 0.1) is 0 Å². The van der Waals surface area contributed by atoms with E-state index in [1.807, 2.05) is 24.5 Å². The number of carbonyl (C=O) groups is 1. The molecule has 1 aromatic carbocycles. The summed E-state index contributed by atoms with van der Waals surface area (Å²) in [6.07, 6.45) is -1.35. The molecular formula is C15H17F3N4O. The zero-order chi connectivity index (χ0) is 16.9. The van der Waals surface area contributed by atoms with Crippen molar-refractivity contribution in [3.63, 3.8) is 0 Å². The van der Waals surface area contributed by atoms with Crippen LogP contribution in [0.4, 0.5) is 18.9 Å². The van der Waals surface area contributed by atoms with Crippen LogP contribution in [0.5, 0.6) is 0 Å². The number of anilines is 1. The molecular weight excluding hydrogens is 309 g/mol. The SMILES string of the molecule is CC(Cn1cccn1)NCc1cccc(NC(=O)C(F)(F)F)c1. The van der Waals surface area contributed by atoms with Crippen molar-refractivity contribution < 1.29 is 18.0 Å². The molecule has 124 valence electrons. The average Bonchev–Trinajstić information content (AvgIpc) is 2.97. The van der Waals surface area contributed by atoms with E-state index < -0.39 is 12.1 Å². The maximum Gasteiger partial charge on any atom is 0.471 e. The molecule has 0 fully saturated rings. The van der Waals surface area contributed by atoms with Gasteiger partial charge >= 0.3 is 12.1 Å². The largest absolute Gasteiger partial charge is 0.471 e. The van der Waals surface area contributed by atoms with E-state index in [9.17, 15) is 18.0 Å². The standard InChI is InChI=1S/C15H17F3N4O/c1-11(10-22-7-3-6-20-22)19-9-12-4-2-5-13(8-12)21-14(23)15(16,17)18/h2-8,11,19H,9-10H2,1H3,(H,21,23). The van der Waals surface area contributed by atoms with Gasteiger partial charge in [-0.25, -0.2) is 0 Å². The fourth-order valence-corrected chi connectivity index (χ4v) is 2.01. The van der Waals surface area contributed by atoms with Crippen molar-refractivity contribution in [3.8, 4) is 0 Å². The van der Waals surface area contributed by atoms with Crippen LogP contribution >= 0.6 is 0 Å². The minimum absolute atomic E-state index is 0.117. The first-order valence-electron chi connectivity index (χ1n) is 7.02. The number of nitrogens with zero attached hydrogens (tertiary/aromatic N) is 2. The molecule has 0 bridgehead atoms. The Kier molecular flexibility index (Phi) is 5.38. The Morgan fingerprint density at radius 1 is 1.35 bits per heavy atom. The van der Waals surface area contributed by atoms with Crippen LogP contribution in [-0.4, -0.2) is 27.9 Å². The highest BCUT2D eigenvalue weighted by molar-refractivity contribution is 5.94. The van der Waals surface area contributed by atoms with Gasteiger partial charge in [0.1, 0.15) is 0 Å². The molecule has 0 aliphatic heterocycles. The number of rotatable bonds is 6. The van der Waals surface area contributed by atoms with Gasteiger partial charge in [0.15, 0.2) is 0 Å². The molecule has 2 rings (SSSR count). The summed E-state index contributed by atoms with van der Waals surface area (Å²) in [7, 11) is 0. The normalized spacial score (nSPS) is 12.9. The van der Waals surface area contributed by atoms with Crippen LogP contribution in [0.3, 0.4) is 0 Å². The van der Waals surface area contributed by atoms with E-state index in [2.05, 4.69) is 10.4 Å². The zero-order valence-electron chi connectivity index (χ0n) is 12.5. The lowest BCUT2D eigenvalue weighted by molar-refractivity contribution is -0.167. The summed E-state index contributed by atoms with van der Waals surface area (Å²) in [5.74, 6) is -1.98. The molecule has 0 aliphatic rings. The maximum absolute atomic E-state index is 12.2. The predicted octanol–water partition coefficient (Wildman–Crippen LogP) is 2.56. The van der Waals surface area contributed by atoms with E-state index in [1.165, 1.54) is 12.1 Å². The molecule has 5 nitrogen and oxygen atoms in total. The second-order valence-electron chi connectivity index (χ2n) is 5.16. The van der Waals surface area contributed by atoms with E-state index in [0.29, 0.717) is 13.1 Å². The summed E-state index contributed by atoms with van der Waals surface area (Å²) in [5.41, 5.74) is 0.892. The van der Waals surface area contributed by atoms with Gasteiger partial charge in [0.05, 0.1) is 6.54 Å². The second kappa shape index (κ2) is 7.28. The third kappa shape index (κ3) is 5.41. The summed E-state index contributed by atoms with van der Waals surface area (Å²) < 4.78 is 38.5.